The molecule has 8 heteroatoms. The molecule has 0 bridgehead atoms. The number of nitro groups is 1. The average Bonchev–Trinajstić information content (AvgIpc) is 3.23. The maximum Gasteiger partial charge on any atom is 0.269 e. The SMILES string of the molecule is COc1ccc(CNC(=O)C(C#N)=Cc2cn(Cc3cccc([N+](=O)[O-])c3)c3ccccc23)cc1. The fourth-order valence-corrected chi connectivity index (χ4v) is 3.81. The van der Waals surface area contributed by atoms with Gasteiger partial charge in [0.05, 0.1) is 12.0 Å². The lowest BCUT2D eigenvalue weighted by molar-refractivity contribution is -0.384. The van der Waals surface area contributed by atoms with E-state index in [1.807, 2.05) is 59.3 Å². The zero-order chi connectivity index (χ0) is 24.8. The van der Waals surface area contributed by atoms with Crippen molar-refractivity contribution >= 4 is 28.6 Å². The largest absolute Gasteiger partial charge is 0.497 e. The normalized spacial score (nSPS) is 11.1. The van der Waals surface area contributed by atoms with Gasteiger partial charge >= 0.3 is 0 Å². The summed E-state index contributed by atoms with van der Waals surface area (Å²) < 4.78 is 7.09. The summed E-state index contributed by atoms with van der Waals surface area (Å²) in [5, 5.41) is 24.4. The van der Waals surface area contributed by atoms with E-state index in [0.717, 1.165) is 27.8 Å². The Labute approximate surface area is 201 Å². The molecule has 35 heavy (non-hydrogen) atoms. The summed E-state index contributed by atoms with van der Waals surface area (Å²) in [6, 6.07) is 23.4. The highest BCUT2D eigenvalue weighted by atomic mass is 16.6. The summed E-state index contributed by atoms with van der Waals surface area (Å²) in [7, 11) is 1.58. The van der Waals surface area contributed by atoms with Crippen molar-refractivity contribution in [3.8, 4) is 11.8 Å². The fourth-order valence-electron chi connectivity index (χ4n) is 3.81. The van der Waals surface area contributed by atoms with Crippen LogP contribution in [-0.4, -0.2) is 22.5 Å². The second-order valence-electron chi connectivity index (χ2n) is 7.86. The molecule has 0 spiro atoms. The number of hydrogen-bond acceptors (Lipinski definition) is 5. The minimum absolute atomic E-state index is 0.0169. The lowest BCUT2D eigenvalue weighted by Crippen LogP contribution is -2.23. The first kappa shape index (κ1) is 23.3. The Morgan fingerprint density at radius 2 is 1.89 bits per heavy atom. The number of non-ortho nitro benzene ring substituents is 1. The van der Waals surface area contributed by atoms with E-state index in [-0.39, 0.29) is 17.8 Å². The Morgan fingerprint density at radius 1 is 1.11 bits per heavy atom. The number of nitrogens with one attached hydrogen (secondary N) is 1. The van der Waals surface area contributed by atoms with E-state index in [0.29, 0.717) is 12.1 Å². The van der Waals surface area contributed by atoms with Crippen LogP contribution in [-0.2, 0) is 17.9 Å². The van der Waals surface area contributed by atoms with E-state index in [9.17, 15) is 20.2 Å². The molecule has 0 aliphatic rings. The van der Waals surface area contributed by atoms with Gasteiger partial charge in [-0.1, -0.05) is 42.5 Å². The van der Waals surface area contributed by atoms with E-state index in [1.165, 1.54) is 12.1 Å². The molecule has 1 amide bonds. The van der Waals surface area contributed by atoms with Crippen LogP contribution < -0.4 is 10.1 Å². The monoisotopic (exact) mass is 466 g/mol. The molecular formula is C27H22N4O4. The van der Waals surface area contributed by atoms with Gasteiger partial charge in [-0.2, -0.15) is 5.26 Å². The molecular weight excluding hydrogens is 444 g/mol. The molecule has 0 fully saturated rings. The lowest BCUT2D eigenvalue weighted by atomic mass is 10.1. The van der Waals surface area contributed by atoms with E-state index in [4.69, 9.17) is 4.74 Å². The van der Waals surface area contributed by atoms with Crippen molar-refractivity contribution in [2.24, 2.45) is 0 Å². The third-order valence-corrected chi connectivity index (χ3v) is 5.57. The van der Waals surface area contributed by atoms with Gasteiger partial charge in [-0.25, -0.2) is 0 Å². The second kappa shape index (κ2) is 10.4. The number of nitro benzene ring substituents is 1. The van der Waals surface area contributed by atoms with Crippen LogP contribution >= 0.6 is 0 Å². The van der Waals surface area contributed by atoms with Gasteiger partial charge in [0.25, 0.3) is 11.6 Å². The quantitative estimate of drug-likeness (QED) is 0.173. The summed E-state index contributed by atoms with van der Waals surface area (Å²) in [5.41, 5.74) is 3.26. The number of amides is 1. The van der Waals surface area contributed by atoms with Gasteiger partial charge in [0.1, 0.15) is 17.4 Å². The number of nitrogens with zero attached hydrogens (tertiary/aromatic N) is 3. The first-order chi connectivity index (χ1) is 17.0. The minimum Gasteiger partial charge on any atom is -0.497 e. The molecule has 0 saturated carbocycles. The molecule has 0 atom stereocenters. The first-order valence-electron chi connectivity index (χ1n) is 10.8. The Kier molecular flexibility index (Phi) is 6.88. The van der Waals surface area contributed by atoms with Gasteiger partial charge in [-0.05, 0) is 35.4 Å². The Bertz CT molecular complexity index is 1460. The van der Waals surface area contributed by atoms with Crippen molar-refractivity contribution < 1.29 is 14.5 Å². The maximum atomic E-state index is 12.7. The van der Waals surface area contributed by atoms with E-state index < -0.39 is 10.8 Å². The second-order valence-corrected chi connectivity index (χ2v) is 7.86. The van der Waals surface area contributed by atoms with Crippen LogP contribution in [0.25, 0.3) is 17.0 Å². The summed E-state index contributed by atoms with van der Waals surface area (Å²) in [4.78, 5) is 23.4. The van der Waals surface area contributed by atoms with Crippen LogP contribution in [0.2, 0.25) is 0 Å². The Morgan fingerprint density at radius 3 is 2.60 bits per heavy atom. The van der Waals surface area contributed by atoms with Gasteiger partial charge in [-0.3, -0.25) is 14.9 Å². The number of para-hydroxylation sites is 1. The van der Waals surface area contributed by atoms with E-state index >= 15 is 0 Å². The number of benzene rings is 3. The lowest BCUT2D eigenvalue weighted by Gasteiger charge is -2.06. The van der Waals surface area contributed by atoms with Crippen LogP contribution in [0.4, 0.5) is 5.69 Å². The zero-order valence-corrected chi connectivity index (χ0v) is 19.0. The van der Waals surface area contributed by atoms with Crippen LogP contribution in [0.3, 0.4) is 0 Å². The summed E-state index contributed by atoms with van der Waals surface area (Å²) >= 11 is 0. The molecule has 8 nitrogen and oxygen atoms in total. The molecule has 0 aliphatic carbocycles. The van der Waals surface area contributed by atoms with Crippen LogP contribution in [0.5, 0.6) is 5.75 Å². The number of fused-ring (bicyclic) bond motifs is 1. The van der Waals surface area contributed by atoms with E-state index in [1.54, 1.807) is 31.4 Å². The van der Waals surface area contributed by atoms with Crippen molar-refractivity contribution in [1.82, 2.24) is 9.88 Å². The maximum absolute atomic E-state index is 12.7. The standard InChI is InChI=1S/C27H22N4O4/c1-35-24-11-9-19(10-12-24)16-29-27(32)21(15-28)14-22-18-30(26-8-3-2-7-25(22)26)17-20-5-4-6-23(13-20)31(33)34/h2-14,18H,16-17H2,1H3,(H,29,32). The van der Waals surface area contributed by atoms with Crippen molar-refractivity contribution in [2.45, 2.75) is 13.1 Å². The number of ether oxygens (including phenoxy) is 1. The number of carbonyl (C=O) groups is 1. The third kappa shape index (κ3) is 5.37. The molecule has 0 aliphatic heterocycles. The van der Waals surface area contributed by atoms with Gasteiger partial charge in [0.2, 0.25) is 0 Å². The number of nitriles is 1. The van der Waals surface area contributed by atoms with Gasteiger partial charge in [0.15, 0.2) is 0 Å². The number of carbonyl (C=O) groups excluding carboxylic acids is 1. The molecule has 174 valence electrons. The smallest absolute Gasteiger partial charge is 0.269 e. The van der Waals surface area contributed by atoms with Gasteiger partial charge in [-0.15, -0.1) is 0 Å². The predicted octanol–water partition coefficient (Wildman–Crippen LogP) is 4.83. The molecule has 0 radical (unpaired) electrons. The molecule has 1 heterocycles. The van der Waals surface area contributed by atoms with Gasteiger partial charge < -0.3 is 14.6 Å². The highest BCUT2D eigenvalue weighted by Gasteiger charge is 2.13. The number of rotatable bonds is 8. The fraction of sp³-hybridized carbons (Fsp3) is 0.111. The van der Waals surface area contributed by atoms with Crippen LogP contribution in [0.1, 0.15) is 16.7 Å². The summed E-state index contributed by atoms with van der Waals surface area (Å²) in [6.45, 7) is 0.679. The number of methoxy groups -OCH3 is 1. The average molecular weight is 466 g/mol. The van der Waals surface area contributed by atoms with Crippen molar-refractivity contribution in [3.63, 3.8) is 0 Å². The molecule has 0 unspecified atom stereocenters. The van der Waals surface area contributed by atoms with Gasteiger partial charge in [0, 0.05) is 47.9 Å². The predicted molar refractivity (Wildman–Crippen MR) is 133 cm³/mol. The van der Waals surface area contributed by atoms with Crippen LogP contribution in [0.15, 0.2) is 84.6 Å². The topological polar surface area (TPSA) is 110 Å². The van der Waals surface area contributed by atoms with E-state index in [2.05, 4.69) is 5.32 Å². The highest BCUT2D eigenvalue weighted by Crippen LogP contribution is 2.25. The van der Waals surface area contributed by atoms with Crippen molar-refractivity contribution in [3.05, 3.63) is 111 Å². The molecule has 0 saturated heterocycles. The Balaban J connectivity index is 1.59. The van der Waals surface area contributed by atoms with Crippen molar-refractivity contribution in [1.29, 1.82) is 5.26 Å². The minimum atomic E-state index is -0.473. The first-order valence-corrected chi connectivity index (χ1v) is 10.8. The molecule has 1 aromatic heterocycles. The third-order valence-electron chi connectivity index (χ3n) is 5.57. The molecule has 4 rings (SSSR count). The Hall–Kier alpha value is -4.90. The summed E-state index contributed by atoms with van der Waals surface area (Å²) in [6.07, 6.45) is 3.41. The number of hydrogen-bond donors (Lipinski definition) is 1. The van der Waals surface area contributed by atoms with Crippen molar-refractivity contribution in [2.75, 3.05) is 7.11 Å². The molecule has 4 aromatic rings. The highest BCUT2D eigenvalue weighted by molar-refractivity contribution is 6.04. The summed E-state index contributed by atoms with van der Waals surface area (Å²) in [5.74, 6) is 0.248. The van der Waals surface area contributed by atoms with Crippen LogP contribution in [0, 0.1) is 21.4 Å². The molecule has 1 N–H and O–H groups in total. The zero-order valence-electron chi connectivity index (χ0n) is 19.0. The molecule has 3 aromatic carbocycles. The number of aromatic nitrogens is 1.